The van der Waals surface area contributed by atoms with Crippen molar-refractivity contribution >= 4 is 0 Å². The summed E-state index contributed by atoms with van der Waals surface area (Å²) in [6, 6.07) is 16.0. The zero-order chi connectivity index (χ0) is 26.2. The average molecular weight is 513 g/mol. The Hall–Kier alpha value is -4.68. The van der Waals surface area contributed by atoms with Gasteiger partial charge in [0.2, 0.25) is 5.82 Å². The number of alkyl halides is 6. The van der Waals surface area contributed by atoms with E-state index in [0.29, 0.717) is 34.6 Å². The summed E-state index contributed by atoms with van der Waals surface area (Å²) in [6.45, 7) is 0. The molecule has 0 radical (unpaired) electrons. The molecule has 0 aliphatic rings. The largest absolute Gasteiger partial charge is 0.433 e. The van der Waals surface area contributed by atoms with Crippen LogP contribution in [-0.4, -0.2) is 35.6 Å². The molecule has 0 atom stereocenters. The van der Waals surface area contributed by atoms with Crippen LogP contribution in [0.3, 0.4) is 0 Å². The zero-order valence-corrected chi connectivity index (χ0v) is 18.4. The second kappa shape index (κ2) is 9.08. The second-order valence-corrected chi connectivity index (χ2v) is 7.75. The number of benzene rings is 2. The number of hydrogen-bond donors (Lipinski definition) is 1. The first kappa shape index (κ1) is 24.0. The van der Waals surface area contributed by atoms with Crippen LogP contribution < -0.4 is 0 Å². The summed E-state index contributed by atoms with van der Waals surface area (Å²) >= 11 is 0. The number of halogens is 6. The van der Waals surface area contributed by atoms with Crippen molar-refractivity contribution in [3.63, 3.8) is 0 Å². The summed E-state index contributed by atoms with van der Waals surface area (Å²) in [5.74, 6) is 0.0667. The molecular weight excluding hydrogens is 500 g/mol. The molecule has 3 heterocycles. The van der Waals surface area contributed by atoms with Crippen molar-refractivity contribution in [2.75, 3.05) is 0 Å². The molecule has 5 rings (SSSR count). The van der Waals surface area contributed by atoms with Crippen LogP contribution in [0.4, 0.5) is 26.3 Å². The van der Waals surface area contributed by atoms with Crippen LogP contribution in [-0.2, 0) is 12.4 Å². The lowest BCUT2D eigenvalue weighted by molar-refractivity contribution is -0.141. The lowest BCUT2D eigenvalue weighted by Gasteiger charge is -2.13. The van der Waals surface area contributed by atoms with Gasteiger partial charge in [0.1, 0.15) is 11.4 Å². The Morgan fingerprint density at radius 2 is 1.35 bits per heavy atom. The number of hydrogen-bond acceptors (Lipinski definition) is 6. The van der Waals surface area contributed by atoms with E-state index in [1.54, 1.807) is 42.5 Å². The van der Waals surface area contributed by atoms with E-state index in [-0.39, 0.29) is 22.6 Å². The van der Waals surface area contributed by atoms with Crippen LogP contribution in [0, 0.1) is 0 Å². The standard InChI is InChI=1S/C24H13F6N7/c25-23(26,27)19-9-8-15(12-31-19)18-11-20(24(28,29)30)33-21(32-18)14-5-3-4-13(10-14)16-6-1-2-7-17(16)22-34-36-37-35-22/h1-12H,(H,34,35,36,37). The van der Waals surface area contributed by atoms with Gasteiger partial charge in [0.05, 0.1) is 5.69 Å². The van der Waals surface area contributed by atoms with Crippen molar-refractivity contribution < 1.29 is 26.3 Å². The van der Waals surface area contributed by atoms with Gasteiger partial charge in [-0.1, -0.05) is 42.5 Å². The maximum absolute atomic E-state index is 13.7. The molecule has 13 heteroatoms. The molecule has 0 aliphatic carbocycles. The summed E-state index contributed by atoms with van der Waals surface area (Å²) in [7, 11) is 0. The Labute approximate surface area is 204 Å². The van der Waals surface area contributed by atoms with Crippen molar-refractivity contribution in [2.24, 2.45) is 0 Å². The minimum atomic E-state index is -4.82. The average Bonchev–Trinajstić information content (AvgIpc) is 3.43. The molecule has 1 N–H and O–H groups in total. The molecule has 0 unspecified atom stereocenters. The van der Waals surface area contributed by atoms with Gasteiger partial charge in [-0.2, -0.15) is 31.6 Å². The van der Waals surface area contributed by atoms with Crippen LogP contribution in [0.5, 0.6) is 0 Å². The highest BCUT2D eigenvalue weighted by Gasteiger charge is 2.35. The van der Waals surface area contributed by atoms with Gasteiger partial charge in [0, 0.05) is 22.9 Å². The Kier molecular flexibility index (Phi) is 5.90. The minimum absolute atomic E-state index is 0.0271. The molecule has 5 aromatic rings. The second-order valence-electron chi connectivity index (χ2n) is 7.75. The maximum atomic E-state index is 13.7. The van der Waals surface area contributed by atoms with Gasteiger partial charge in [-0.3, -0.25) is 4.98 Å². The number of nitrogens with one attached hydrogen (secondary N) is 1. The number of pyridine rings is 1. The van der Waals surface area contributed by atoms with Crippen LogP contribution >= 0.6 is 0 Å². The summed E-state index contributed by atoms with van der Waals surface area (Å²) < 4.78 is 79.7. The number of rotatable bonds is 4. The van der Waals surface area contributed by atoms with Crippen LogP contribution in [0.15, 0.2) is 72.9 Å². The van der Waals surface area contributed by atoms with E-state index in [1.807, 2.05) is 0 Å². The van der Waals surface area contributed by atoms with Gasteiger partial charge >= 0.3 is 12.4 Å². The van der Waals surface area contributed by atoms with E-state index in [9.17, 15) is 26.3 Å². The fourth-order valence-electron chi connectivity index (χ4n) is 3.61. The fourth-order valence-corrected chi connectivity index (χ4v) is 3.61. The highest BCUT2D eigenvalue weighted by molar-refractivity contribution is 5.82. The molecule has 3 aromatic heterocycles. The highest BCUT2D eigenvalue weighted by Crippen LogP contribution is 2.35. The van der Waals surface area contributed by atoms with E-state index in [1.165, 1.54) is 6.07 Å². The van der Waals surface area contributed by atoms with Crippen molar-refractivity contribution in [3.05, 3.63) is 84.3 Å². The number of nitrogens with zero attached hydrogens (tertiary/aromatic N) is 6. The van der Waals surface area contributed by atoms with Gasteiger partial charge in [-0.15, -0.1) is 10.2 Å². The lowest BCUT2D eigenvalue weighted by Crippen LogP contribution is -2.11. The minimum Gasteiger partial charge on any atom is -0.251 e. The Balaban J connectivity index is 1.61. The number of tetrazole rings is 1. The summed E-state index contributed by atoms with van der Waals surface area (Å²) in [4.78, 5) is 11.2. The van der Waals surface area contributed by atoms with Gasteiger partial charge in [-0.05, 0) is 40.6 Å². The van der Waals surface area contributed by atoms with Gasteiger partial charge in [0.25, 0.3) is 0 Å². The van der Waals surface area contributed by atoms with Crippen molar-refractivity contribution in [1.29, 1.82) is 0 Å². The van der Waals surface area contributed by atoms with Gasteiger partial charge < -0.3 is 0 Å². The molecule has 186 valence electrons. The third-order valence-corrected chi connectivity index (χ3v) is 5.31. The number of H-pyrrole nitrogens is 1. The Morgan fingerprint density at radius 1 is 0.622 bits per heavy atom. The van der Waals surface area contributed by atoms with Gasteiger partial charge in [0.15, 0.2) is 5.82 Å². The van der Waals surface area contributed by atoms with E-state index >= 15 is 0 Å². The topological polar surface area (TPSA) is 93.1 Å². The summed E-state index contributed by atoms with van der Waals surface area (Å²) in [6.07, 6.45) is -8.69. The zero-order valence-electron chi connectivity index (χ0n) is 18.4. The van der Waals surface area contributed by atoms with E-state index in [2.05, 4.69) is 35.6 Å². The smallest absolute Gasteiger partial charge is 0.251 e. The molecule has 0 saturated carbocycles. The Bertz CT molecular complexity index is 1550. The first-order valence-corrected chi connectivity index (χ1v) is 10.5. The maximum Gasteiger partial charge on any atom is 0.433 e. The van der Waals surface area contributed by atoms with Crippen LogP contribution in [0.1, 0.15) is 11.4 Å². The fraction of sp³-hybridized carbons (Fsp3) is 0.0833. The predicted molar refractivity (Wildman–Crippen MR) is 119 cm³/mol. The highest BCUT2D eigenvalue weighted by atomic mass is 19.4. The first-order valence-electron chi connectivity index (χ1n) is 10.5. The van der Waals surface area contributed by atoms with E-state index in [0.717, 1.165) is 12.3 Å². The molecule has 0 fully saturated rings. The molecule has 0 amide bonds. The SMILES string of the molecule is FC(F)(F)c1ccc(-c2cc(C(F)(F)F)nc(-c3cccc(-c4ccccc4-c4nn[nH]n4)c3)n2)cn1. The summed E-state index contributed by atoms with van der Waals surface area (Å²) in [5.41, 5.74) is -0.472. The molecule has 37 heavy (non-hydrogen) atoms. The van der Waals surface area contributed by atoms with E-state index in [4.69, 9.17) is 0 Å². The molecule has 0 saturated heterocycles. The molecular formula is C24H13F6N7. The molecule has 0 spiro atoms. The third kappa shape index (κ3) is 5.01. The number of aromatic nitrogens is 7. The van der Waals surface area contributed by atoms with Crippen molar-refractivity contribution in [3.8, 4) is 45.2 Å². The van der Waals surface area contributed by atoms with E-state index < -0.39 is 23.7 Å². The third-order valence-electron chi connectivity index (χ3n) is 5.31. The molecule has 0 aliphatic heterocycles. The van der Waals surface area contributed by atoms with Crippen LogP contribution in [0.2, 0.25) is 0 Å². The van der Waals surface area contributed by atoms with Crippen molar-refractivity contribution in [2.45, 2.75) is 12.4 Å². The molecule has 7 nitrogen and oxygen atoms in total. The molecule has 2 aromatic carbocycles. The van der Waals surface area contributed by atoms with Crippen molar-refractivity contribution in [1.82, 2.24) is 35.6 Å². The monoisotopic (exact) mass is 513 g/mol. The Morgan fingerprint density at radius 3 is 2.00 bits per heavy atom. The normalized spacial score (nSPS) is 12.1. The quantitative estimate of drug-likeness (QED) is 0.293. The van der Waals surface area contributed by atoms with Gasteiger partial charge in [-0.25, -0.2) is 9.97 Å². The summed E-state index contributed by atoms with van der Waals surface area (Å²) in [5, 5.41) is 13.9. The number of aromatic amines is 1. The predicted octanol–water partition coefficient (Wildman–Crippen LogP) is 6.09. The first-order chi connectivity index (χ1) is 17.6. The lowest BCUT2D eigenvalue weighted by atomic mass is 9.97. The van der Waals surface area contributed by atoms with Crippen LogP contribution in [0.25, 0.3) is 45.2 Å². The molecule has 0 bridgehead atoms.